The normalized spacial score (nSPS) is 31.8. The van der Waals surface area contributed by atoms with Crippen LogP contribution >= 0.6 is 0 Å². The lowest BCUT2D eigenvalue weighted by molar-refractivity contribution is 0.122. The van der Waals surface area contributed by atoms with Crippen molar-refractivity contribution >= 4 is 10.4 Å². The first-order chi connectivity index (χ1) is 5.49. The maximum Gasteiger partial charge on any atom is 0.397 e. The van der Waals surface area contributed by atoms with Gasteiger partial charge in [0, 0.05) is 6.04 Å². The molecule has 1 aliphatic carbocycles. The first kappa shape index (κ1) is 9.91. The number of rotatable bonds is 2. The summed E-state index contributed by atoms with van der Waals surface area (Å²) >= 11 is 0. The van der Waals surface area contributed by atoms with Gasteiger partial charge in [-0.15, -0.1) is 0 Å². The second kappa shape index (κ2) is 3.69. The van der Waals surface area contributed by atoms with E-state index in [-0.39, 0.29) is 6.04 Å². The molecule has 0 saturated heterocycles. The Hall–Kier alpha value is -0.170. The molecule has 1 rings (SSSR count). The largest absolute Gasteiger partial charge is 0.397 e. The van der Waals surface area contributed by atoms with Crippen LogP contribution in [-0.4, -0.2) is 25.1 Å². The summed E-state index contributed by atoms with van der Waals surface area (Å²) in [6.07, 6.45) is 2.69. The summed E-state index contributed by atoms with van der Waals surface area (Å²) in [6, 6.07) is -0.277. The Morgan fingerprint density at radius 3 is 2.42 bits per heavy atom. The van der Waals surface area contributed by atoms with Crippen molar-refractivity contribution in [2.24, 2.45) is 5.73 Å². The predicted molar refractivity (Wildman–Crippen MR) is 42.9 cm³/mol. The minimum absolute atomic E-state index is 0.277. The molecule has 0 bridgehead atoms. The van der Waals surface area contributed by atoms with Gasteiger partial charge in [-0.2, -0.15) is 8.42 Å². The lowest BCUT2D eigenvalue weighted by Crippen LogP contribution is -2.40. The van der Waals surface area contributed by atoms with E-state index in [1.54, 1.807) is 0 Å². The molecule has 1 fully saturated rings. The highest BCUT2D eigenvalue weighted by molar-refractivity contribution is 7.80. The lowest BCUT2D eigenvalue weighted by Gasteiger charge is -2.26. The van der Waals surface area contributed by atoms with E-state index < -0.39 is 16.5 Å². The Morgan fingerprint density at radius 1 is 1.33 bits per heavy atom. The zero-order valence-corrected chi connectivity index (χ0v) is 7.46. The summed E-state index contributed by atoms with van der Waals surface area (Å²) in [5.74, 6) is 0. The van der Waals surface area contributed by atoms with Crippen LogP contribution in [-0.2, 0) is 14.6 Å². The average molecular weight is 195 g/mol. The van der Waals surface area contributed by atoms with Crippen LogP contribution in [0, 0.1) is 0 Å². The van der Waals surface area contributed by atoms with Crippen molar-refractivity contribution < 1.29 is 17.2 Å². The Kier molecular flexibility index (Phi) is 3.05. The van der Waals surface area contributed by atoms with E-state index in [2.05, 4.69) is 4.18 Å². The fourth-order valence-electron chi connectivity index (χ4n) is 1.40. The molecule has 2 unspecified atom stereocenters. The Labute approximate surface area is 71.8 Å². The lowest BCUT2D eigenvalue weighted by atomic mass is 9.94. The first-order valence-corrected chi connectivity index (χ1v) is 5.27. The van der Waals surface area contributed by atoms with Gasteiger partial charge in [-0.1, -0.05) is 12.8 Å². The van der Waals surface area contributed by atoms with Gasteiger partial charge in [0.05, 0.1) is 6.10 Å². The minimum atomic E-state index is -4.34. The number of hydrogen-bond acceptors (Lipinski definition) is 4. The van der Waals surface area contributed by atoms with Crippen LogP contribution in [0.5, 0.6) is 0 Å². The van der Waals surface area contributed by atoms with Gasteiger partial charge < -0.3 is 5.73 Å². The van der Waals surface area contributed by atoms with Crippen molar-refractivity contribution in [2.45, 2.75) is 37.8 Å². The zero-order chi connectivity index (χ0) is 9.19. The van der Waals surface area contributed by atoms with Crippen LogP contribution in [0.2, 0.25) is 0 Å². The second-order valence-corrected chi connectivity index (χ2v) is 4.06. The van der Waals surface area contributed by atoms with Crippen molar-refractivity contribution in [3.8, 4) is 0 Å². The smallest absolute Gasteiger partial charge is 0.325 e. The molecule has 0 aromatic carbocycles. The quantitative estimate of drug-likeness (QED) is 0.609. The third kappa shape index (κ3) is 3.06. The van der Waals surface area contributed by atoms with Crippen molar-refractivity contribution in [2.75, 3.05) is 0 Å². The second-order valence-electron chi connectivity index (χ2n) is 3.01. The molecular formula is C6H13NO4S. The average Bonchev–Trinajstić information content (AvgIpc) is 1.91. The topological polar surface area (TPSA) is 89.6 Å². The van der Waals surface area contributed by atoms with Crippen LogP contribution in [0.3, 0.4) is 0 Å². The highest BCUT2D eigenvalue weighted by Crippen LogP contribution is 2.20. The van der Waals surface area contributed by atoms with E-state index in [1.165, 1.54) is 0 Å². The molecule has 2 atom stereocenters. The van der Waals surface area contributed by atoms with Crippen LogP contribution in [0.15, 0.2) is 0 Å². The standard InChI is InChI=1S/C6H13NO4S/c7-5-3-1-2-4-6(5)11-12(8,9)10/h5-6H,1-4,7H2,(H,8,9,10). The van der Waals surface area contributed by atoms with E-state index in [0.29, 0.717) is 6.42 Å². The van der Waals surface area contributed by atoms with Gasteiger partial charge in [0.25, 0.3) is 0 Å². The van der Waals surface area contributed by atoms with Gasteiger partial charge in [0.1, 0.15) is 0 Å². The Balaban J connectivity index is 2.50. The molecule has 0 heterocycles. The minimum Gasteiger partial charge on any atom is -0.325 e. The molecule has 0 aromatic rings. The van der Waals surface area contributed by atoms with Crippen LogP contribution in [0.25, 0.3) is 0 Å². The summed E-state index contributed by atoms with van der Waals surface area (Å²) in [5.41, 5.74) is 5.59. The molecule has 0 spiro atoms. The zero-order valence-electron chi connectivity index (χ0n) is 6.64. The SMILES string of the molecule is NC1CCCCC1OS(=O)(=O)O. The summed E-state index contributed by atoms with van der Waals surface area (Å²) in [6.45, 7) is 0. The molecule has 72 valence electrons. The van der Waals surface area contributed by atoms with Gasteiger partial charge in [-0.05, 0) is 12.8 Å². The number of hydrogen-bond donors (Lipinski definition) is 2. The molecule has 3 N–H and O–H groups in total. The van der Waals surface area contributed by atoms with Crippen LogP contribution in [0.1, 0.15) is 25.7 Å². The van der Waals surface area contributed by atoms with E-state index >= 15 is 0 Å². The third-order valence-electron chi connectivity index (χ3n) is 2.00. The van der Waals surface area contributed by atoms with E-state index in [1.807, 2.05) is 0 Å². The summed E-state index contributed by atoms with van der Waals surface area (Å²) in [7, 11) is -4.34. The van der Waals surface area contributed by atoms with Crippen molar-refractivity contribution in [1.82, 2.24) is 0 Å². The molecule has 1 aliphatic rings. The molecule has 0 aromatic heterocycles. The Bertz CT molecular complexity index is 238. The van der Waals surface area contributed by atoms with Crippen molar-refractivity contribution in [3.05, 3.63) is 0 Å². The van der Waals surface area contributed by atoms with E-state index in [0.717, 1.165) is 19.3 Å². The molecule has 5 nitrogen and oxygen atoms in total. The van der Waals surface area contributed by atoms with Gasteiger partial charge >= 0.3 is 10.4 Å². The van der Waals surface area contributed by atoms with Gasteiger partial charge in [-0.3, -0.25) is 4.55 Å². The summed E-state index contributed by atoms with van der Waals surface area (Å²) in [4.78, 5) is 0. The third-order valence-corrected chi connectivity index (χ3v) is 2.49. The highest BCUT2D eigenvalue weighted by atomic mass is 32.3. The van der Waals surface area contributed by atoms with Crippen LogP contribution in [0.4, 0.5) is 0 Å². The summed E-state index contributed by atoms with van der Waals surface area (Å²) in [5, 5.41) is 0. The van der Waals surface area contributed by atoms with Crippen LogP contribution < -0.4 is 5.73 Å². The number of nitrogens with two attached hydrogens (primary N) is 1. The fourth-order valence-corrected chi connectivity index (χ4v) is 1.95. The van der Waals surface area contributed by atoms with Gasteiger partial charge in [0.2, 0.25) is 0 Å². The predicted octanol–water partition coefficient (Wildman–Crippen LogP) is 0.0757. The monoisotopic (exact) mass is 195 g/mol. The van der Waals surface area contributed by atoms with E-state index in [4.69, 9.17) is 10.3 Å². The molecule has 12 heavy (non-hydrogen) atoms. The van der Waals surface area contributed by atoms with Gasteiger partial charge in [-0.25, -0.2) is 4.18 Å². The van der Waals surface area contributed by atoms with E-state index in [9.17, 15) is 8.42 Å². The molecule has 0 aliphatic heterocycles. The fraction of sp³-hybridized carbons (Fsp3) is 1.00. The molecule has 6 heteroatoms. The highest BCUT2D eigenvalue weighted by Gasteiger charge is 2.26. The summed E-state index contributed by atoms with van der Waals surface area (Å²) < 4.78 is 33.4. The maximum atomic E-state index is 10.3. The molecular weight excluding hydrogens is 182 g/mol. The Morgan fingerprint density at radius 2 is 1.92 bits per heavy atom. The first-order valence-electron chi connectivity index (χ1n) is 3.90. The molecule has 0 radical (unpaired) electrons. The van der Waals surface area contributed by atoms with Crippen molar-refractivity contribution in [1.29, 1.82) is 0 Å². The van der Waals surface area contributed by atoms with Gasteiger partial charge in [0.15, 0.2) is 0 Å². The maximum absolute atomic E-state index is 10.3. The molecule has 0 amide bonds. The van der Waals surface area contributed by atoms with Crippen molar-refractivity contribution in [3.63, 3.8) is 0 Å². The molecule has 1 saturated carbocycles.